The van der Waals surface area contributed by atoms with Gasteiger partial charge in [0.05, 0.1) is 11.4 Å². The first-order valence-electron chi connectivity index (χ1n) is 4.78. The summed E-state index contributed by atoms with van der Waals surface area (Å²) in [4.78, 5) is 25.9. The minimum atomic E-state index is -0.336. The van der Waals surface area contributed by atoms with E-state index in [0.717, 1.165) is 0 Å². The summed E-state index contributed by atoms with van der Waals surface area (Å²) in [6, 6.07) is 5.32. The van der Waals surface area contributed by atoms with Crippen LogP contribution in [0.5, 0.6) is 0 Å². The largest absolute Gasteiger partial charge is 0.320 e. The van der Waals surface area contributed by atoms with Crippen molar-refractivity contribution in [3.63, 3.8) is 0 Å². The van der Waals surface area contributed by atoms with E-state index in [1.54, 1.807) is 37.4 Å². The van der Waals surface area contributed by atoms with Crippen LogP contribution in [0.15, 0.2) is 42.2 Å². The second kappa shape index (κ2) is 6.29. The first-order chi connectivity index (χ1) is 7.76. The molecule has 4 nitrogen and oxygen atoms in total. The molecule has 0 aromatic carbocycles. The number of allylic oxidation sites excluding steroid dienone is 2. The lowest BCUT2D eigenvalue weighted by molar-refractivity contribution is -0.117. The maximum absolute atomic E-state index is 11.2. The molecule has 1 rings (SSSR count). The molecule has 0 unspecified atom stereocenters. The van der Waals surface area contributed by atoms with Gasteiger partial charge in [-0.1, -0.05) is 12.1 Å². The van der Waals surface area contributed by atoms with Crippen LogP contribution in [0.3, 0.4) is 0 Å². The van der Waals surface area contributed by atoms with E-state index in [0.29, 0.717) is 12.0 Å². The quantitative estimate of drug-likeness (QED) is 0.610. The number of hydrogen-bond donors (Lipinski definition) is 1. The monoisotopic (exact) mass is 216 g/mol. The van der Waals surface area contributed by atoms with Gasteiger partial charge in [0.2, 0.25) is 5.91 Å². The topological polar surface area (TPSA) is 59.1 Å². The van der Waals surface area contributed by atoms with Gasteiger partial charge in [-0.05, 0) is 31.2 Å². The highest BCUT2D eigenvalue weighted by Crippen LogP contribution is 1.99. The van der Waals surface area contributed by atoms with E-state index >= 15 is 0 Å². The Kier molecular flexibility index (Phi) is 4.66. The van der Waals surface area contributed by atoms with Gasteiger partial charge in [-0.25, -0.2) is 0 Å². The number of pyridine rings is 1. The summed E-state index contributed by atoms with van der Waals surface area (Å²) in [6.07, 6.45) is 6.64. The van der Waals surface area contributed by atoms with Gasteiger partial charge in [0.15, 0.2) is 6.29 Å². The molecule has 0 atom stereocenters. The Morgan fingerprint density at radius 2 is 2.25 bits per heavy atom. The van der Waals surface area contributed by atoms with Crippen molar-refractivity contribution in [2.75, 3.05) is 0 Å². The van der Waals surface area contributed by atoms with E-state index in [1.165, 1.54) is 12.2 Å². The van der Waals surface area contributed by atoms with Crippen LogP contribution in [0.4, 0.5) is 0 Å². The van der Waals surface area contributed by atoms with Gasteiger partial charge in [-0.15, -0.1) is 0 Å². The summed E-state index contributed by atoms with van der Waals surface area (Å²) in [5.74, 6) is -0.336. The SMILES string of the molecule is CC=CC(=O)N/C(C=O)=C/c1ccccn1. The average molecular weight is 216 g/mol. The summed E-state index contributed by atoms with van der Waals surface area (Å²) in [5, 5.41) is 2.44. The molecule has 82 valence electrons. The number of aldehydes is 1. The molecule has 1 aromatic heterocycles. The first-order valence-corrected chi connectivity index (χ1v) is 4.78. The molecule has 1 heterocycles. The van der Waals surface area contributed by atoms with E-state index < -0.39 is 0 Å². The number of carbonyl (C=O) groups excluding carboxylic acids is 2. The zero-order valence-corrected chi connectivity index (χ0v) is 8.88. The molecule has 0 aliphatic heterocycles. The smallest absolute Gasteiger partial charge is 0.248 e. The predicted molar refractivity (Wildman–Crippen MR) is 61.2 cm³/mol. The minimum Gasteiger partial charge on any atom is -0.320 e. The van der Waals surface area contributed by atoms with Gasteiger partial charge >= 0.3 is 0 Å². The molecule has 0 fully saturated rings. The van der Waals surface area contributed by atoms with Crippen LogP contribution in [0.2, 0.25) is 0 Å². The zero-order chi connectivity index (χ0) is 11.8. The first kappa shape index (κ1) is 11.8. The average Bonchev–Trinajstić information content (AvgIpc) is 2.30. The van der Waals surface area contributed by atoms with Crippen LogP contribution < -0.4 is 5.32 Å². The molecule has 16 heavy (non-hydrogen) atoms. The van der Waals surface area contributed by atoms with E-state index in [4.69, 9.17) is 0 Å². The highest BCUT2D eigenvalue weighted by Gasteiger charge is 2.00. The molecule has 1 aromatic rings. The highest BCUT2D eigenvalue weighted by molar-refractivity contribution is 5.95. The van der Waals surface area contributed by atoms with E-state index in [2.05, 4.69) is 10.3 Å². The summed E-state index contributed by atoms with van der Waals surface area (Å²) >= 11 is 0. The van der Waals surface area contributed by atoms with Crippen molar-refractivity contribution >= 4 is 18.3 Å². The molecule has 1 N–H and O–H groups in total. The van der Waals surface area contributed by atoms with Crippen LogP contribution in [0, 0.1) is 0 Å². The lowest BCUT2D eigenvalue weighted by atomic mass is 10.3. The molecule has 0 saturated heterocycles. The van der Waals surface area contributed by atoms with Gasteiger partial charge in [-0.2, -0.15) is 0 Å². The molecule has 0 radical (unpaired) electrons. The summed E-state index contributed by atoms with van der Waals surface area (Å²) in [7, 11) is 0. The number of hydrogen-bond acceptors (Lipinski definition) is 3. The Balaban J connectivity index is 2.79. The van der Waals surface area contributed by atoms with Crippen molar-refractivity contribution in [3.05, 3.63) is 47.9 Å². The standard InChI is InChI=1S/C12H12N2O2/c1-2-5-12(16)14-11(9-15)8-10-6-3-4-7-13-10/h2-9H,1H3,(H,14,16)/b5-2?,11-8+. The van der Waals surface area contributed by atoms with Crippen molar-refractivity contribution < 1.29 is 9.59 Å². The van der Waals surface area contributed by atoms with Gasteiger partial charge in [0.1, 0.15) is 0 Å². The fourth-order valence-electron chi connectivity index (χ4n) is 1.06. The van der Waals surface area contributed by atoms with Crippen LogP contribution >= 0.6 is 0 Å². The minimum absolute atomic E-state index is 0.182. The van der Waals surface area contributed by atoms with Crippen LogP contribution in [0.25, 0.3) is 6.08 Å². The fourth-order valence-corrected chi connectivity index (χ4v) is 1.06. The number of carbonyl (C=O) groups is 2. The van der Waals surface area contributed by atoms with Crippen molar-refractivity contribution in [3.8, 4) is 0 Å². The van der Waals surface area contributed by atoms with E-state index in [9.17, 15) is 9.59 Å². The second-order valence-corrected chi connectivity index (χ2v) is 2.96. The zero-order valence-electron chi connectivity index (χ0n) is 8.88. The molecular formula is C12H12N2O2. The van der Waals surface area contributed by atoms with E-state index in [1.807, 2.05) is 0 Å². The summed E-state index contributed by atoms with van der Waals surface area (Å²) < 4.78 is 0. The number of aromatic nitrogens is 1. The summed E-state index contributed by atoms with van der Waals surface area (Å²) in [6.45, 7) is 1.72. The molecule has 0 saturated carbocycles. The lowest BCUT2D eigenvalue weighted by Gasteiger charge is -2.00. The van der Waals surface area contributed by atoms with E-state index in [-0.39, 0.29) is 11.6 Å². The summed E-state index contributed by atoms with van der Waals surface area (Å²) in [5.41, 5.74) is 0.798. The molecule has 0 aliphatic carbocycles. The molecule has 1 amide bonds. The molecular weight excluding hydrogens is 204 g/mol. The van der Waals surface area contributed by atoms with Crippen molar-refractivity contribution in [2.24, 2.45) is 0 Å². The molecule has 0 bridgehead atoms. The number of nitrogens with zero attached hydrogens (tertiary/aromatic N) is 1. The third kappa shape index (κ3) is 3.88. The predicted octanol–water partition coefficient (Wildman–Crippen LogP) is 1.31. The van der Waals surface area contributed by atoms with Gasteiger partial charge in [0, 0.05) is 6.20 Å². The number of rotatable bonds is 4. The van der Waals surface area contributed by atoms with Crippen LogP contribution in [-0.2, 0) is 9.59 Å². The second-order valence-electron chi connectivity index (χ2n) is 2.96. The number of nitrogens with one attached hydrogen (secondary N) is 1. The molecule has 4 heteroatoms. The fraction of sp³-hybridized carbons (Fsp3) is 0.0833. The third-order valence-corrected chi connectivity index (χ3v) is 1.70. The molecule has 0 spiro atoms. The lowest BCUT2D eigenvalue weighted by Crippen LogP contribution is -2.20. The highest BCUT2D eigenvalue weighted by atomic mass is 16.2. The maximum atomic E-state index is 11.2. The Labute approximate surface area is 93.7 Å². The Bertz CT molecular complexity index is 422. The van der Waals surface area contributed by atoms with Gasteiger partial charge < -0.3 is 5.32 Å². The van der Waals surface area contributed by atoms with Crippen molar-refractivity contribution in [1.29, 1.82) is 0 Å². The van der Waals surface area contributed by atoms with Crippen molar-refractivity contribution in [1.82, 2.24) is 10.3 Å². The maximum Gasteiger partial charge on any atom is 0.248 e. The Morgan fingerprint density at radius 1 is 1.44 bits per heavy atom. The van der Waals surface area contributed by atoms with Crippen LogP contribution in [-0.4, -0.2) is 17.2 Å². The Hall–Kier alpha value is -2.23. The Morgan fingerprint density at radius 3 is 2.81 bits per heavy atom. The van der Waals surface area contributed by atoms with Crippen molar-refractivity contribution in [2.45, 2.75) is 6.92 Å². The third-order valence-electron chi connectivity index (χ3n) is 1.70. The normalized spacial score (nSPS) is 11.4. The number of amides is 1. The van der Waals surface area contributed by atoms with Gasteiger partial charge in [-0.3, -0.25) is 14.6 Å². The molecule has 0 aliphatic rings. The van der Waals surface area contributed by atoms with Crippen LogP contribution in [0.1, 0.15) is 12.6 Å². The van der Waals surface area contributed by atoms with Gasteiger partial charge in [0.25, 0.3) is 0 Å².